The molecule has 1 heterocycles. The van der Waals surface area contributed by atoms with Crippen LogP contribution in [0.5, 0.6) is 0 Å². The van der Waals surface area contributed by atoms with Crippen LogP contribution in [0.3, 0.4) is 0 Å². The Kier molecular flexibility index (Phi) is 4.83. The zero-order valence-electron chi connectivity index (χ0n) is 8.25. The van der Waals surface area contributed by atoms with Gasteiger partial charge in [0.1, 0.15) is 0 Å². The topological polar surface area (TPSA) is 35.5 Å². The Morgan fingerprint density at radius 1 is 1.54 bits per heavy atom. The van der Waals surface area contributed by atoms with Gasteiger partial charge in [0.15, 0.2) is 0 Å². The molecule has 0 bridgehead atoms. The summed E-state index contributed by atoms with van der Waals surface area (Å²) in [6.45, 7) is 2.93. The van der Waals surface area contributed by atoms with Crippen LogP contribution in [0.25, 0.3) is 0 Å². The smallest absolute Gasteiger partial charge is 0.302 e. The fourth-order valence-electron chi connectivity index (χ4n) is 1.56. The highest BCUT2D eigenvalue weighted by Crippen LogP contribution is 2.17. The van der Waals surface area contributed by atoms with Gasteiger partial charge in [-0.3, -0.25) is 4.79 Å². The highest BCUT2D eigenvalue weighted by Gasteiger charge is 2.14. The van der Waals surface area contributed by atoms with Crippen molar-refractivity contribution in [3.8, 4) is 0 Å². The molecule has 1 aliphatic heterocycles. The first kappa shape index (κ1) is 10.5. The standard InChI is InChI=1S/C10H18O3/c1-9(11)12-7-3-2-5-10-6-4-8-13-10/h10H,2-8H2,1H3. The van der Waals surface area contributed by atoms with Gasteiger partial charge in [0.25, 0.3) is 0 Å². The maximum absolute atomic E-state index is 10.4. The minimum atomic E-state index is -0.183. The lowest BCUT2D eigenvalue weighted by atomic mass is 10.1. The Morgan fingerprint density at radius 2 is 2.38 bits per heavy atom. The van der Waals surface area contributed by atoms with E-state index < -0.39 is 0 Å². The second kappa shape index (κ2) is 5.97. The number of hydrogen-bond acceptors (Lipinski definition) is 3. The van der Waals surface area contributed by atoms with E-state index in [2.05, 4.69) is 0 Å². The van der Waals surface area contributed by atoms with E-state index >= 15 is 0 Å². The molecule has 0 radical (unpaired) electrons. The minimum absolute atomic E-state index is 0.183. The summed E-state index contributed by atoms with van der Waals surface area (Å²) in [6.07, 6.45) is 6.04. The Balaban J connectivity index is 1.86. The first-order valence-corrected chi connectivity index (χ1v) is 5.04. The Bertz CT molecular complexity index is 150. The third-order valence-corrected chi connectivity index (χ3v) is 2.25. The zero-order chi connectivity index (χ0) is 9.52. The van der Waals surface area contributed by atoms with Crippen LogP contribution in [0, 0.1) is 0 Å². The predicted octanol–water partition coefficient (Wildman–Crippen LogP) is 1.90. The molecule has 1 rings (SSSR count). The second-order valence-corrected chi connectivity index (χ2v) is 3.47. The SMILES string of the molecule is CC(=O)OCCCCC1CCCO1. The molecule has 1 aliphatic rings. The highest BCUT2D eigenvalue weighted by atomic mass is 16.5. The summed E-state index contributed by atoms with van der Waals surface area (Å²) in [4.78, 5) is 10.4. The molecule has 0 amide bonds. The van der Waals surface area contributed by atoms with Crippen molar-refractivity contribution < 1.29 is 14.3 Å². The van der Waals surface area contributed by atoms with Gasteiger partial charge in [0.05, 0.1) is 12.7 Å². The highest BCUT2D eigenvalue weighted by molar-refractivity contribution is 5.65. The molecule has 1 unspecified atom stereocenters. The van der Waals surface area contributed by atoms with Gasteiger partial charge < -0.3 is 9.47 Å². The summed E-state index contributed by atoms with van der Waals surface area (Å²) < 4.78 is 10.3. The van der Waals surface area contributed by atoms with Gasteiger partial charge in [0, 0.05) is 13.5 Å². The van der Waals surface area contributed by atoms with E-state index in [0.717, 1.165) is 25.9 Å². The second-order valence-electron chi connectivity index (χ2n) is 3.47. The average molecular weight is 186 g/mol. The summed E-state index contributed by atoms with van der Waals surface area (Å²) >= 11 is 0. The summed E-state index contributed by atoms with van der Waals surface area (Å²) in [5, 5.41) is 0. The van der Waals surface area contributed by atoms with Gasteiger partial charge in [-0.05, 0) is 32.1 Å². The van der Waals surface area contributed by atoms with Gasteiger partial charge in [-0.15, -0.1) is 0 Å². The molecule has 0 spiro atoms. The largest absolute Gasteiger partial charge is 0.466 e. The molecule has 0 aromatic rings. The summed E-state index contributed by atoms with van der Waals surface area (Å²) in [5.74, 6) is -0.183. The summed E-state index contributed by atoms with van der Waals surface area (Å²) in [5.41, 5.74) is 0. The first-order valence-electron chi connectivity index (χ1n) is 5.04. The van der Waals surface area contributed by atoms with Crippen LogP contribution < -0.4 is 0 Å². The van der Waals surface area contributed by atoms with Crippen LogP contribution in [-0.4, -0.2) is 25.3 Å². The molecule has 1 saturated heterocycles. The quantitative estimate of drug-likeness (QED) is 0.486. The first-order chi connectivity index (χ1) is 6.29. The zero-order valence-corrected chi connectivity index (χ0v) is 8.25. The molecule has 0 aliphatic carbocycles. The molecule has 1 fully saturated rings. The van der Waals surface area contributed by atoms with Crippen molar-refractivity contribution in [2.45, 2.75) is 45.1 Å². The molecule has 1 atom stereocenters. The molecule has 0 aromatic heterocycles. The van der Waals surface area contributed by atoms with Gasteiger partial charge in [-0.2, -0.15) is 0 Å². The number of carbonyl (C=O) groups is 1. The fraction of sp³-hybridized carbons (Fsp3) is 0.900. The normalized spacial score (nSPS) is 21.8. The van der Waals surface area contributed by atoms with E-state index in [1.165, 1.54) is 19.8 Å². The predicted molar refractivity (Wildman–Crippen MR) is 49.5 cm³/mol. The Labute approximate surface area is 79.4 Å². The maximum Gasteiger partial charge on any atom is 0.302 e. The van der Waals surface area contributed by atoms with Crippen LogP contribution in [0.1, 0.15) is 39.0 Å². The molecule has 3 heteroatoms. The van der Waals surface area contributed by atoms with Crippen LogP contribution in [0.4, 0.5) is 0 Å². The molecule has 3 nitrogen and oxygen atoms in total. The van der Waals surface area contributed by atoms with Crippen molar-refractivity contribution in [3.63, 3.8) is 0 Å². The number of ether oxygens (including phenoxy) is 2. The third-order valence-electron chi connectivity index (χ3n) is 2.25. The van der Waals surface area contributed by atoms with Gasteiger partial charge in [-0.25, -0.2) is 0 Å². The van der Waals surface area contributed by atoms with Crippen LogP contribution >= 0.6 is 0 Å². The molecular weight excluding hydrogens is 168 g/mol. The van der Waals surface area contributed by atoms with Crippen molar-refractivity contribution in [1.29, 1.82) is 0 Å². The third kappa shape index (κ3) is 4.88. The molecule has 0 saturated carbocycles. The van der Waals surface area contributed by atoms with E-state index in [4.69, 9.17) is 9.47 Å². The van der Waals surface area contributed by atoms with Crippen molar-refractivity contribution in [3.05, 3.63) is 0 Å². The number of unbranched alkanes of at least 4 members (excludes halogenated alkanes) is 1. The van der Waals surface area contributed by atoms with Crippen molar-refractivity contribution in [2.75, 3.05) is 13.2 Å². The molecule has 76 valence electrons. The fourth-order valence-corrected chi connectivity index (χ4v) is 1.56. The van der Waals surface area contributed by atoms with Gasteiger partial charge >= 0.3 is 5.97 Å². The van der Waals surface area contributed by atoms with Crippen molar-refractivity contribution in [1.82, 2.24) is 0 Å². The average Bonchev–Trinajstić information content (AvgIpc) is 2.55. The molecule has 0 aromatic carbocycles. The van der Waals surface area contributed by atoms with Crippen LogP contribution in [0.15, 0.2) is 0 Å². The van der Waals surface area contributed by atoms with Gasteiger partial charge in [-0.1, -0.05) is 0 Å². The Morgan fingerprint density at radius 3 is 3.00 bits per heavy atom. The summed E-state index contributed by atoms with van der Waals surface area (Å²) in [6, 6.07) is 0. The minimum Gasteiger partial charge on any atom is -0.466 e. The van der Waals surface area contributed by atoms with Crippen LogP contribution in [-0.2, 0) is 14.3 Å². The summed E-state index contributed by atoms with van der Waals surface area (Å²) in [7, 11) is 0. The number of carbonyl (C=O) groups excluding carboxylic acids is 1. The molecule has 13 heavy (non-hydrogen) atoms. The van der Waals surface area contributed by atoms with E-state index in [9.17, 15) is 4.79 Å². The van der Waals surface area contributed by atoms with E-state index in [-0.39, 0.29) is 5.97 Å². The van der Waals surface area contributed by atoms with Crippen LogP contribution in [0.2, 0.25) is 0 Å². The monoisotopic (exact) mass is 186 g/mol. The van der Waals surface area contributed by atoms with E-state index in [1.54, 1.807) is 0 Å². The molecule has 0 N–H and O–H groups in total. The van der Waals surface area contributed by atoms with Crippen molar-refractivity contribution >= 4 is 5.97 Å². The number of rotatable bonds is 5. The Hall–Kier alpha value is -0.570. The number of esters is 1. The van der Waals surface area contributed by atoms with Crippen molar-refractivity contribution in [2.24, 2.45) is 0 Å². The lowest BCUT2D eigenvalue weighted by molar-refractivity contribution is -0.141. The lowest BCUT2D eigenvalue weighted by Gasteiger charge is -2.08. The lowest BCUT2D eigenvalue weighted by Crippen LogP contribution is -2.06. The number of hydrogen-bond donors (Lipinski definition) is 0. The maximum atomic E-state index is 10.4. The van der Waals surface area contributed by atoms with Gasteiger partial charge in [0.2, 0.25) is 0 Å². The van der Waals surface area contributed by atoms with E-state index in [1.807, 2.05) is 0 Å². The van der Waals surface area contributed by atoms with E-state index in [0.29, 0.717) is 12.7 Å². The molecular formula is C10H18O3.